The third-order valence-corrected chi connectivity index (χ3v) is 4.68. The summed E-state index contributed by atoms with van der Waals surface area (Å²) in [4.78, 5) is 41.7. The summed E-state index contributed by atoms with van der Waals surface area (Å²) in [5.41, 5.74) is 0.990. The van der Waals surface area contributed by atoms with Crippen LogP contribution in [0.1, 0.15) is 34.4 Å². The molecule has 1 aromatic carbocycles. The van der Waals surface area contributed by atoms with E-state index in [-0.39, 0.29) is 24.6 Å². The zero-order valence-electron chi connectivity index (χ0n) is 16.8. The van der Waals surface area contributed by atoms with Crippen LogP contribution in [-0.4, -0.2) is 54.4 Å². The summed E-state index contributed by atoms with van der Waals surface area (Å²) in [6.07, 6.45) is 0.810. The minimum absolute atomic E-state index is 0.0941. The van der Waals surface area contributed by atoms with Crippen LogP contribution in [-0.2, 0) is 20.9 Å². The topological polar surface area (TPSA) is 97.8 Å². The molecule has 0 radical (unpaired) electrons. The number of nitrogens with one attached hydrogen (secondary N) is 1. The fraction of sp³-hybridized carbons (Fsp3) is 0.400. The third kappa shape index (κ3) is 7.19. The largest absolute Gasteiger partial charge is 0.486 e. The molecule has 0 aliphatic rings. The van der Waals surface area contributed by atoms with Gasteiger partial charge in [0.25, 0.3) is 5.91 Å². The van der Waals surface area contributed by atoms with E-state index in [1.165, 1.54) is 23.3 Å². The van der Waals surface area contributed by atoms with E-state index in [1.807, 2.05) is 19.2 Å². The number of carbonyl (C=O) groups is 3. The maximum Gasteiger partial charge on any atom is 0.342 e. The van der Waals surface area contributed by atoms with Crippen molar-refractivity contribution in [3.8, 4) is 5.75 Å². The molecule has 1 aromatic heterocycles. The second-order valence-corrected chi connectivity index (χ2v) is 7.38. The summed E-state index contributed by atoms with van der Waals surface area (Å²) in [6, 6.07) is 6.65. The summed E-state index contributed by atoms with van der Waals surface area (Å²) in [6.45, 7) is 4.06. The maximum atomic E-state index is 12.4. The van der Waals surface area contributed by atoms with Crippen LogP contribution in [0, 0.1) is 6.92 Å². The zero-order valence-corrected chi connectivity index (χ0v) is 17.6. The molecule has 0 atom stereocenters. The van der Waals surface area contributed by atoms with Crippen molar-refractivity contribution in [2.75, 3.05) is 26.7 Å². The van der Waals surface area contributed by atoms with E-state index >= 15 is 0 Å². The molecule has 1 N–H and O–H groups in total. The predicted molar refractivity (Wildman–Crippen MR) is 109 cm³/mol. The zero-order chi connectivity index (χ0) is 21.2. The van der Waals surface area contributed by atoms with Crippen LogP contribution in [0.5, 0.6) is 5.75 Å². The first kappa shape index (κ1) is 22.4. The Balaban J connectivity index is 1.88. The first-order valence-corrected chi connectivity index (χ1v) is 10.1. The molecule has 0 spiro atoms. The number of carbonyl (C=O) groups excluding carboxylic acids is 3. The molecule has 2 rings (SSSR count). The molecular formula is C20H25N3O5S. The highest BCUT2D eigenvalue weighted by Gasteiger charge is 2.18. The molecule has 156 valence electrons. The maximum absolute atomic E-state index is 12.4. The van der Waals surface area contributed by atoms with E-state index in [9.17, 15) is 14.4 Å². The highest BCUT2D eigenvalue weighted by molar-refractivity contribution is 7.09. The van der Waals surface area contributed by atoms with Gasteiger partial charge in [0.2, 0.25) is 5.91 Å². The van der Waals surface area contributed by atoms with E-state index < -0.39 is 18.5 Å². The molecule has 0 unspecified atom stereocenters. The first-order chi connectivity index (χ1) is 13.9. The van der Waals surface area contributed by atoms with Gasteiger partial charge in [-0.15, -0.1) is 11.3 Å². The second-order valence-electron chi connectivity index (χ2n) is 6.32. The Morgan fingerprint density at radius 2 is 2.00 bits per heavy atom. The molecule has 0 aliphatic heterocycles. The monoisotopic (exact) mass is 419 g/mol. The van der Waals surface area contributed by atoms with Crippen LogP contribution in [0.2, 0.25) is 0 Å². The van der Waals surface area contributed by atoms with E-state index in [0.717, 1.165) is 17.1 Å². The van der Waals surface area contributed by atoms with Crippen molar-refractivity contribution in [1.29, 1.82) is 0 Å². The third-order valence-electron chi connectivity index (χ3n) is 3.85. The van der Waals surface area contributed by atoms with Crippen LogP contribution in [0.3, 0.4) is 0 Å². The van der Waals surface area contributed by atoms with E-state index in [4.69, 9.17) is 9.47 Å². The van der Waals surface area contributed by atoms with Crippen LogP contribution in [0.25, 0.3) is 0 Å². The Morgan fingerprint density at radius 3 is 2.69 bits per heavy atom. The van der Waals surface area contributed by atoms with Crippen molar-refractivity contribution in [3.05, 3.63) is 45.9 Å². The molecule has 1 heterocycles. The Morgan fingerprint density at radius 1 is 1.24 bits per heavy atom. The number of ether oxygens (including phenoxy) is 2. The van der Waals surface area contributed by atoms with Gasteiger partial charge in [0.15, 0.2) is 6.61 Å². The lowest BCUT2D eigenvalue weighted by atomic mass is 10.2. The van der Waals surface area contributed by atoms with Gasteiger partial charge in [0.05, 0.1) is 17.2 Å². The fourth-order valence-corrected chi connectivity index (χ4v) is 2.92. The van der Waals surface area contributed by atoms with Gasteiger partial charge in [-0.3, -0.25) is 9.59 Å². The molecule has 0 saturated heterocycles. The molecule has 2 aromatic rings. The van der Waals surface area contributed by atoms with Gasteiger partial charge in [-0.05, 0) is 25.5 Å². The highest BCUT2D eigenvalue weighted by Crippen LogP contribution is 2.21. The fourth-order valence-electron chi connectivity index (χ4n) is 2.33. The average Bonchev–Trinajstić information content (AvgIpc) is 3.13. The minimum Gasteiger partial charge on any atom is -0.486 e. The highest BCUT2D eigenvalue weighted by atomic mass is 32.1. The summed E-state index contributed by atoms with van der Waals surface area (Å²) >= 11 is 1.52. The predicted octanol–water partition coefficient (Wildman–Crippen LogP) is 2.17. The lowest BCUT2D eigenvalue weighted by Crippen LogP contribution is -2.40. The Labute approximate surface area is 173 Å². The SMILES string of the molecule is CCCNC(=O)CN(C)C(=O)COC(=O)c1ccccc1OCc1csc(C)n1. The standard InChI is InChI=1S/C20H25N3O5S/c1-4-9-21-18(24)10-23(3)19(25)12-28-20(26)16-7-5-6-8-17(16)27-11-15-13-29-14(2)22-15/h5-8,13H,4,9-12H2,1-3H3,(H,21,24). The molecule has 0 bridgehead atoms. The van der Waals surface area contributed by atoms with Crippen molar-refractivity contribution in [3.63, 3.8) is 0 Å². The number of para-hydroxylation sites is 1. The van der Waals surface area contributed by atoms with Gasteiger partial charge in [-0.1, -0.05) is 19.1 Å². The normalized spacial score (nSPS) is 10.3. The van der Waals surface area contributed by atoms with Crippen molar-refractivity contribution < 1.29 is 23.9 Å². The van der Waals surface area contributed by atoms with E-state index in [2.05, 4.69) is 10.3 Å². The number of amides is 2. The number of likely N-dealkylation sites (N-methyl/N-ethyl adjacent to an activating group) is 1. The van der Waals surface area contributed by atoms with Crippen LogP contribution < -0.4 is 10.1 Å². The van der Waals surface area contributed by atoms with Gasteiger partial charge in [-0.25, -0.2) is 9.78 Å². The summed E-state index contributed by atoms with van der Waals surface area (Å²) in [7, 11) is 1.48. The molecule has 8 nitrogen and oxygen atoms in total. The number of hydrogen-bond acceptors (Lipinski definition) is 7. The molecule has 9 heteroatoms. The van der Waals surface area contributed by atoms with Crippen LogP contribution in [0.4, 0.5) is 0 Å². The van der Waals surface area contributed by atoms with Gasteiger partial charge < -0.3 is 19.7 Å². The lowest BCUT2D eigenvalue weighted by molar-refractivity contribution is -0.137. The Hall–Kier alpha value is -2.94. The number of hydrogen-bond donors (Lipinski definition) is 1. The lowest BCUT2D eigenvalue weighted by Gasteiger charge is -2.17. The van der Waals surface area contributed by atoms with Gasteiger partial charge in [-0.2, -0.15) is 0 Å². The number of esters is 1. The molecule has 0 fully saturated rings. The van der Waals surface area contributed by atoms with Crippen LogP contribution >= 0.6 is 11.3 Å². The summed E-state index contributed by atoms with van der Waals surface area (Å²) < 4.78 is 10.8. The van der Waals surface area contributed by atoms with Gasteiger partial charge in [0.1, 0.15) is 17.9 Å². The second kappa shape index (κ2) is 11.2. The minimum atomic E-state index is -0.674. The number of thiazole rings is 1. The molecule has 29 heavy (non-hydrogen) atoms. The van der Waals surface area contributed by atoms with Gasteiger partial charge in [0, 0.05) is 19.0 Å². The Bertz CT molecular complexity index is 852. The summed E-state index contributed by atoms with van der Waals surface area (Å²) in [5.74, 6) is -1.05. The van der Waals surface area contributed by atoms with Crippen molar-refractivity contribution in [2.24, 2.45) is 0 Å². The Kier molecular flexibility index (Phi) is 8.60. The number of benzene rings is 1. The van der Waals surface area contributed by atoms with E-state index in [0.29, 0.717) is 12.3 Å². The van der Waals surface area contributed by atoms with Gasteiger partial charge >= 0.3 is 5.97 Å². The number of nitrogens with zero attached hydrogens (tertiary/aromatic N) is 2. The van der Waals surface area contributed by atoms with Crippen molar-refractivity contribution in [2.45, 2.75) is 26.9 Å². The first-order valence-electron chi connectivity index (χ1n) is 9.21. The molecule has 0 aliphatic carbocycles. The number of aryl methyl sites for hydroxylation is 1. The smallest absolute Gasteiger partial charge is 0.342 e. The molecular weight excluding hydrogens is 394 g/mol. The average molecular weight is 420 g/mol. The van der Waals surface area contributed by atoms with Crippen LogP contribution in [0.15, 0.2) is 29.6 Å². The van der Waals surface area contributed by atoms with Crippen molar-refractivity contribution >= 4 is 29.1 Å². The molecule has 2 amide bonds. The number of aromatic nitrogens is 1. The van der Waals surface area contributed by atoms with E-state index in [1.54, 1.807) is 24.3 Å². The number of rotatable bonds is 10. The molecule has 0 saturated carbocycles. The quantitative estimate of drug-likeness (QED) is 0.593. The summed E-state index contributed by atoms with van der Waals surface area (Å²) in [5, 5.41) is 5.51. The van der Waals surface area contributed by atoms with Crippen molar-refractivity contribution in [1.82, 2.24) is 15.2 Å².